The summed E-state index contributed by atoms with van der Waals surface area (Å²) in [6, 6.07) is 27.0. The summed E-state index contributed by atoms with van der Waals surface area (Å²) in [7, 11) is 4.24. The largest absolute Gasteiger partial charge is 1.00 e. The first-order valence-electron chi connectivity index (χ1n) is 11.7. The fourth-order valence-corrected chi connectivity index (χ4v) is 3.58. The summed E-state index contributed by atoms with van der Waals surface area (Å²) in [6.07, 6.45) is 5.11. The monoisotopic (exact) mass is 439 g/mol. The zero-order chi connectivity index (χ0) is 22.4. The molecule has 0 aliphatic carbocycles. The van der Waals surface area contributed by atoms with Crippen LogP contribution in [0.3, 0.4) is 0 Å². The molecule has 0 bridgehead atoms. The Morgan fingerprint density at radius 2 is 1.09 bits per heavy atom. The third-order valence-corrected chi connectivity index (χ3v) is 5.33. The smallest absolute Gasteiger partial charge is 0.653 e. The van der Waals surface area contributed by atoms with Crippen molar-refractivity contribution in [3.63, 3.8) is 0 Å². The molecule has 2 heterocycles. The molecule has 3 aromatic carbocycles. The average Bonchev–Trinajstić information content (AvgIpc) is 3.60. The van der Waals surface area contributed by atoms with Gasteiger partial charge < -0.3 is 19.7 Å². The molecule has 0 radical (unpaired) electrons. The van der Waals surface area contributed by atoms with E-state index in [4.69, 9.17) is 14.8 Å². The fraction of sp³-hybridized carbons (Fsp3) is 0.357. The van der Waals surface area contributed by atoms with Crippen LogP contribution in [-0.2, 0) is 9.47 Å². The third-order valence-electron chi connectivity index (χ3n) is 5.33. The SMILES string of the molecule is C1CCOC1.C1CCOC1.C[NH+](C)c1ccccc1[N-]c1ccccc1-c1ccccc1.[Li+]. The van der Waals surface area contributed by atoms with Crippen molar-refractivity contribution in [2.45, 2.75) is 25.7 Å². The molecule has 170 valence electrons. The number of nitrogens with one attached hydrogen (secondary N) is 1. The van der Waals surface area contributed by atoms with E-state index in [9.17, 15) is 0 Å². The summed E-state index contributed by atoms with van der Waals surface area (Å²) in [5, 5.41) is 4.92. The van der Waals surface area contributed by atoms with E-state index in [1.165, 1.54) is 41.8 Å². The van der Waals surface area contributed by atoms with Crippen molar-refractivity contribution in [1.82, 2.24) is 0 Å². The van der Waals surface area contributed by atoms with Gasteiger partial charge >= 0.3 is 18.9 Å². The van der Waals surface area contributed by atoms with Crippen LogP contribution in [0.1, 0.15) is 25.7 Å². The minimum absolute atomic E-state index is 0. The van der Waals surface area contributed by atoms with Crippen LogP contribution in [0, 0.1) is 0 Å². The third kappa shape index (κ3) is 9.37. The Bertz CT molecular complexity index is 885. The Labute approximate surface area is 211 Å². The molecule has 0 aromatic heterocycles. The van der Waals surface area contributed by atoms with E-state index >= 15 is 0 Å². The molecule has 3 aromatic rings. The second kappa shape index (κ2) is 15.7. The maximum Gasteiger partial charge on any atom is 1.00 e. The molecule has 0 atom stereocenters. The van der Waals surface area contributed by atoms with E-state index in [0.717, 1.165) is 43.4 Å². The molecule has 2 saturated heterocycles. The Balaban J connectivity index is 0.000000288. The number of hydrogen-bond acceptors (Lipinski definition) is 2. The van der Waals surface area contributed by atoms with Crippen molar-refractivity contribution in [3.8, 4) is 11.1 Å². The average molecular weight is 440 g/mol. The van der Waals surface area contributed by atoms with Gasteiger partial charge in [0.15, 0.2) is 0 Å². The molecule has 2 aliphatic heterocycles. The van der Waals surface area contributed by atoms with Crippen LogP contribution in [-0.4, -0.2) is 40.5 Å². The molecule has 2 fully saturated rings. The van der Waals surface area contributed by atoms with Crippen LogP contribution in [0.5, 0.6) is 0 Å². The molecule has 0 saturated carbocycles. The Kier molecular flexibility index (Phi) is 12.9. The van der Waals surface area contributed by atoms with Gasteiger partial charge in [0.1, 0.15) is 5.69 Å². The van der Waals surface area contributed by atoms with Crippen LogP contribution in [0.4, 0.5) is 17.1 Å². The number of benzene rings is 3. The number of rotatable bonds is 4. The van der Waals surface area contributed by atoms with Gasteiger partial charge in [-0.05, 0) is 42.9 Å². The van der Waals surface area contributed by atoms with E-state index in [2.05, 4.69) is 74.8 Å². The molecule has 0 unspecified atom stereocenters. The van der Waals surface area contributed by atoms with Crippen LogP contribution >= 0.6 is 0 Å². The minimum Gasteiger partial charge on any atom is -0.653 e. The first kappa shape index (κ1) is 27.2. The number of hydrogen-bond donors (Lipinski definition) is 1. The van der Waals surface area contributed by atoms with E-state index in [1.54, 1.807) is 0 Å². The second-order valence-electron chi connectivity index (χ2n) is 8.15. The van der Waals surface area contributed by atoms with Crippen molar-refractivity contribution in [1.29, 1.82) is 0 Å². The summed E-state index contributed by atoms with van der Waals surface area (Å²) in [6.45, 7) is 4.00. The summed E-state index contributed by atoms with van der Waals surface area (Å²) >= 11 is 0. The van der Waals surface area contributed by atoms with Gasteiger partial charge in [-0.2, -0.15) is 0 Å². The van der Waals surface area contributed by atoms with Gasteiger partial charge in [-0.1, -0.05) is 78.5 Å². The topological polar surface area (TPSA) is 37.0 Å². The van der Waals surface area contributed by atoms with E-state index < -0.39 is 0 Å². The molecule has 0 spiro atoms. The van der Waals surface area contributed by atoms with Crippen LogP contribution in [0.25, 0.3) is 16.4 Å². The summed E-state index contributed by atoms with van der Waals surface area (Å²) in [4.78, 5) is 1.27. The molecule has 5 heteroatoms. The first-order valence-corrected chi connectivity index (χ1v) is 11.7. The Morgan fingerprint density at radius 3 is 1.61 bits per heavy atom. The molecule has 33 heavy (non-hydrogen) atoms. The van der Waals surface area contributed by atoms with Crippen molar-refractivity contribution in [3.05, 3.63) is 84.2 Å². The Hall–Kier alpha value is -2.06. The zero-order valence-electron chi connectivity index (χ0n) is 20.4. The van der Waals surface area contributed by atoms with E-state index in [0.29, 0.717) is 0 Å². The van der Waals surface area contributed by atoms with Crippen LogP contribution in [0.15, 0.2) is 78.9 Å². The van der Waals surface area contributed by atoms with Gasteiger partial charge in [0.2, 0.25) is 0 Å². The van der Waals surface area contributed by atoms with Gasteiger partial charge in [0.25, 0.3) is 0 Å². The maximum absolute atomic E-state index is 4.94. The zero-order valence-corrected chi connectivity index (χ0v) is 20.4. The normalized spacial score (nSPS) is 14.4. The molecule has 2 aliphatic rings. The summed E-state index contributed by atoms with van der Waals surface area (Å²) in [5.41, 5.74) is 5.57. The quantitative estimate of drug-likeness (QED) is 0.635. The number of ether oxygens (including phenoxy) is 2. The van der Waals surface area contributed by atoms with Crippen molar-refractivity contribution in [2.24, 2.45) is 0 Å². The van der Waals surface area contributed by atoms with Crippen molar-refractivity contribution >= 4 is 17.1 Å². The van der Waals surface area contributed by atoms with Gasteiger partial charge in [-0.25, -0.2) is 0 Å². The minimum atomic E-state index is 0. The van der Waals surface area contributed by atoms with E-state index in [1.807, 2.05) is 18.2 Å². The van der Waals surface area contributed by atoms with Crippen molar-refractivity contribution < 1.29 is 33.2 Å². The Morgan fingerprint density at radius 1 is 0.606 bits per heavy atom. The molecule has 1 N–H and O–H groups in total. The summed E-state index contributed by atoms with van der Waals surface area (Å²) in [5.74, 6) is 0. The standard InChI is InChI=1S/C20H19N2.2C4H8O.Li/c1-22(2)20-15-9-8-14-19(20)21-18-13-7-6-12-17(18)16-10-4-3-5-11-16;2*1-2-4-5-3-1;/h3-15H,1-2H3;2*1-4H2;/q-1;;;+1/p+1. The molecular weight excluding hydrogens is 403 g/mol. The van der Waals surface area contributed by atoms with Crippen LogP contribution in [0.2, 0.25) is 0 Å². The number of quaternary nitrogens is 1. The van der Waals surface area contributed by atoms with Crippen LogP contribution < -0.4 is 23.8 Å². The van der Waals surface area contributed by atoms with Crippen molar-refractivity contribution in [2.75, 3.05) is 40.5 Å². The maximum atomic E-state index is 4.94. The summed E-state index contributed by atoms with van der Waals surface area (Å²) < 4.78 is 9.89. The fourth-order valence-electron chi connectivity index (χ4n) is 3.58. The second-order valence-corrected chi connectivity index (χ2v) is 8.15. The van der Waals surface area contributed by atoms with E-state index in [-0.39, 0.29) is 18.9 Å². The predicted molar refractivity (Wildman–Crippen MR) is 134 cm³/mol. The predicted octanol–water partition coefficient (Wildman–Crippen LogP) is 3.06. The van der Waals surface area contributed by atoms with Gasteiger partial charge in [0, 0.05) is 26.4 Å². The first-order chi connectivity index (χ1) is 15.8. The molecule has 0 amide bonds. The number of nitrogens with zero attached hydrogens (tertiary/aromatic N) is 1. The van der Waals surface area contributed by atoms with Gasteiger partial charge in [-0.3, -0.25) is 0 Å². The molecule has 4 nitrogen and oxygen atoms in total. The van der Waals surface area contributed by atoms with Gasteiger partial charge in [0.05, 0.1) is 14.1 Å². The molecule has 5 rings (SSSR count). The molecular formula is C28H36LiN2O2+. The number of para-hydroxylation sites is 3. The van der Waals surface area contributed by atoms with Gasteiger partial charge in [-0.15, -0.1) is 5.69 Å².